The summed E-state index contributed by atoms with van der Waals surface area (Å²) >= 11 is 0. The third-order valence-electron chi connectivity index (χ3n) is 6.08. The molecule has 0 radical (unpaired) electrons. The van der Waals surface area contributed by atoms with Crippen LogP contribution in [0.25, 0.3) is 0 Å². The quantitative estimate of drug-likeness (QED) is 0.154. The highest BCUT2D eigenvalue weighted by atomic mass is 16.8. The van der Waals surface area contributed by atoms with Crippen molar-refractivity contribution in [3.05, 3.63) is 0 Å². The van der Waals surface area contributed by atoms with E-state index in [1.807, 2.05) is 0 Å². The Morgan fingerprint density at radius 2 is 0.765 bits per heavy atom. The van der Waals surface area contributed by atoms with Gasteiger partial charge in [-0.15, -0.1) is 0 Å². The lowest BCUT2D eigenvalue weighted by Crippen LogP contribution is -2.66. The fourth-order valence-electron chi connectivity index (χ4n) is 3.97. The predicted molar refractivity (Wildman–Crippen MR) is 101 cm³/mol. The molecule has 0 aromatic rings. The molecule has 0 saturated carbocycles. The zero-order chi connectivity index (χ0) is 25.3. The van der Waals surface area contributed by atoms with Crippen LogP contribution in [-0.2, 0) is 23.7 Å². The van der Waals surface area contributed by atoms with Gasteiger partial charge in [0.15, 0.2) is 18.9 Å². The van der Waals surface area contributed by atoms with Crippen LogP contribution in [0, 0.1) is 0 Å². The smallest absolute Gasteiger partial charge is 0.189 e. The summed E-state index contributed by atoms with van der Waals surface area (Å²) in [6.45, 7) is -2.32. The molecule has 0 unspecified atom stereocenters. The van der Waals surface area contributed by atoms with E-state index in [2.05, 4.69) is 0 Å². The van der Waals surface area contributed by atoms with Crippen LogP contribution in [0.3, 0.4) is 0 Å². The molecular weight excluding hydrogens is 472 g/mol. The van der Waals surface area contributed by atoms with Gasteiger partial charge >= 0.3 is 0 Å². The third-order valence-corrected chi connectivity index (χ3v) is 6.08. The fourth-order valence-corrected chi connectivity index (χ4v) is 3.97. The van der Waals surface area contributed by atoms with Crippen molar-refractivity contribution in [2.45, 2.75) is 92.1 Å². The summed E-state index contributed by atoms with van der Waals surface area (Å²) in [5.74, 6) is 0. The van der Waals surface area contributed by atoms with Crippen molar-refractivity contribution >= 4 is 0 Å². The molecule has 3 aliphatic rings. The molecule has 0 bridgehead atoms. The Morgan fingerprint density at radius 3 is 1.18 bits per heavy atom. The van der Waals surface area contributed by atoms with Crippen molar-refractivity contribution in [1.29, 1.82) is 0 Å². The van der Waals surface area contributed by atoms with E-state index in [0.29, 0.717) is 0 Å². The Hall–Kier alpha value is -0.640. The Bertz CT molecular complexity index is 637. The monoisotopic (exact) mass is 504 g/mol. The van der Waals surface area contributed by atoms with Gasteiger partial charge in [-0.05, 0) is 0 Å². The second-order valence-corrected chi connectivity index (χ2v) is 8.34. The lowest BCUT2D eigenvalue weighted by molar-refractivity contribution is -0.393. The number of hydrogen-bond acceptors (Lipinski definition) is 16. The fraction of sp³-hybridized carbons (Fsp3) is 1.00. The molecule has 0 amide bonds. The molecule has 200 valence electrons. The van der Waals surface area contributed by atoms with Gasteiger partial charge in [-0.2, -0.15) is 0 Å². The predicted octanol–water partition coefficient (Wildman–Crippen LogP) is -7.57. The van der Waals surface area contributed by atoms with Gasteiger partial charge < -0.3 is 79.9 Å². The van der Waals surface area contributed by atoms with Crippen molar-refractivity contribution < 1.29 is 79.9 Å². The molecule has 34 heavy (non-hydrogen) atoms. The van der Waals surface area contributed by atoms with E-state index in [4.69, 9.17) is 23.7 Å². The topological polar surface area (TPSA) is 269 Å². The average Bonchev–Trinajstić information content (AvgIpc) is 2.83. The summed E-state index contributed by atoms with van der Waals surface area (Å²) < 4.78 is 26.5. The van der Waals surface area contributed by atoms with Gasteiger partial charge in [-0.25, -0.2) is 0 Å². The van der Waals surface area contributed by atoms with Crippen LogP contribution in [0.15, 0.2) is 0 Å². The molecule has 16 nitrogen and oxygen atoms in total. The Balaban J connectivity index is 1.76. The number of ether oxygens (including phenoxy) is 5. The maximum absolute atomic E-state index is 10.7. The molecule has 3 saturated heterocycles. The van der Waals surface area contributed by atoms with Crippen LogP contribution in [-0.4, -0.2) is 168 Å². The van der Waals surface area contributed by atoms with Gasteiger partial charge in [0.2, 0.25) is 0 Å². The van der Waals surface area contributed by atoms with Crippen LogP contribution in [0.1, 0.15) is 0 Å². The Morgan fingerprint density at radius 1 is 0.412 bits per heavy atom. The largest absolute Gasteiger partial charge is 0.394 e. The summed E-state index contributed by atoms with van der Waals surface area (Å²) in [7, 11) is 0. The molecule has 3 fully saturated rings. The van der Waals surface area contributed by atoms with E-state index in [1.54, 1.807) is 0 Å². The minimum absolute atomic E-state index is 0.750. The Kier molecular flexibility index (Phi) is 9.54. The highest BCUT2D eigenvalue weighted by molar-refractivity contribution is 4.95. The van der Waals surface area contributed by atoms with Crippen LogP contribution < -0.4 is 0 Å². The lowest BCUT2D eigenvalue weighted by atomic mass is 9.96. The summed E-state index contributed by atoms with van der Waals surface area (Å²) in [6, 6.07) is 0. The molecule has 0 aromatic heterocycles. The standard InChI is InChI=1S/C18H32O16/c19-1-4-7(22)10(25)12(27)16(30-4)33-15-9(24)6(3-21)32-18(14(15)29)34-17-13(28)11(26)8(23)5(2-20)31-17/h4-29H,1-3H2/t4-,5-,6-,7+,8-,9-,10+,11+,12-,13-,14-,15+,16+,17-,18-/m1/s1. The number of aliphatic hydroxyl groups is 11. The summed E-state index contributed by atoms with van der Waals surface area (Å²) in [5.41, 5.74) is 0. The van der Waals surface area contributed by atoms with E-state index >= 15 is 0 Å². The van der Waals surface area contributed by atoms with Gasteiger partial charge in [-0.3, -0.25) is 0 Å². The number of aliphatic hydroxyl groups excluding tert-OH is 11. The second-order valence-electron chi connectivity index (χ2n) is 8.34. The summed E-state index contributed by atoms with van der Waals surface area (Å²) in [5, 5.41) is 109. The molecule has 16 heteroatoms. The lowest BCUT2D eigenvalue weighted by Gasteiger charge is -2.47. The van der Waals surface area contributed by atoms with Crippen molar-refractivity contribution in [3.8, 4) is 0 Å². The van der Waals surface area contributed by atoms with Crippen LogP contribution in [0.2, 0.25) is 0 Å². The average molecular weight is 504 g/mol. The van der Waals surface area contributed by atoms with Gasteiger partial charge in [-0.1, -0.05) is 0 Å². The molecular formula is C18H32O16. The summed E-state index contributed by atoms with van der Waals surface area (Å²) in [4.78, 5) is 0. The summed E-state index contributed by atoms with van der Waals surface area (Å²) in [6.07, 6.45) is -25.4. The van der Waals surface area contributed by atoms with E-state index in [-0.39, 0.29) is 0 Å². The maximum Gasteiger partial charge on any atom is 0.189 e. The normalized spacial score (nSPS) is 52.5. The molecule has 0 spiro atoms. The van der Waals surface area contributed by atoms with Gasteiger partial charge in [0, 0.05) is 0 Å². The van der Waals surface area contributed by atoms with Crippen LogP contribution in [0.5, 0.6) is 0 Å². The van der Waals surface area contributed by atoms with E-state index in [0.717, 1.165) is 0 Å². The first-order valence-electron chi connectivity index (χ1n) is 10.6. The Labute approximate surface area is 192 Å². The van der Waals surface area contributed by atoms with Crippen molar-refractivity contribution in [3.63, 3.8) is 0 Å². The van der Waals surface area contributed by atoms with Crippen molar-refractivity contribution in [2.24, 2.45) is 0 Å². The first kappa shape index (κ1) is 27.9. The van der Waals surface area contributed by atoms with Crippen LogP contribution in [0.4, 0.5) is 0 Å². The zero-order valence-electron chi connectivity index (χ0n) is 17.7. The minimum Gasteiger partial charge on any atom is -0.394 e. The highest BCUT2D eigenvalue weighted by Crippen LogP contribution is 2.31. The van der Waals surface area contributed by atoms with E-state index < -0.39 is 112 Å². The molecule has 0 aliphatic carbocycles. The van der Waals surface area contributed by atoms with Crippen molar-refractivity contribution in [2.75, 3.05) is 19.8 Å². The number of hydrogen-bond donors (Lipinski definition) is 11. The molecule has 0 aromatic carbocycles. The van der Waals surface area contributed by atoms with Gasteiger partial charge in [0.25, 0.3) is 0 Å². The third kappa shape index (κ3) is 5.37. The minimum atomic E-state index is -1.91. The second kappa shape index (κ2) is 11.6. The maximum atomic E-state index is 10.7. The van der Waals surface area contributed by atoms with Crippen LogP contribution >= 0.6 is 0 Å². The van der Waals surface area contributed by atoms with Gasteiger partial charge in [0.05, 0.1) is 19.8 Å². The zero-order valence-corrected chi connectivity index (χ0v) is 17.7. The number of rotatable bonds is 7. The molecule has 15 atom stereocenters. The van der Waals surface area contributed by atoms with E-state index in [1.165, 1.54) is 0 Å². The van der Waals surface area contributed by atoms with Gasteiger partial charge in [0.1, 0.15) is 73.2 Å². The molecule has 3 aliphatic heterocycles. The molecule has 3 heterocycles. The first-order valence-corrected chi connectivity index (χ1v) is 10.6. The SMILES string of the molecule is OC[C@H]1O[C@@H](O[C@@H]2[C@@H](O)[C@@H](O[C@H]3O[C@H](CO)[C@@H](O)[C@H](O)[C@H]3O)O[C@H](CO)[C@H]2O)[C@H](O)[C@@H](O)[C@H]1O. The van der Waals surface area contributed by atoms with Crippen molar-refractivity contribution in [1.82, 2.24) is 0 Å². The van der Waals surface area contributed by atoms with E-state index in [9.17, 15) is 56.2 Å². The first-order chi connectivity index (χ1) is 16.0. The molecule has 3 rings (SSSR count). The highest BCUT2D eigenvalue weighted by Gasteiger charge is 2.53. The molecule has 11 N–H and O–H groups in total.